The van der Waals surface area contributed by atoms with Gasteiger partial charge in [0.1, 0.15) is 0 Å². The fraction of sp³-hybridized carbons (Fsp3) is 0.917. The van der Waals surface area contributed by atoms with Crippen LogP contribution in [0.25, 0.3) is 0 Å². The first-order valence-corrected chi connectivity index (χ1v) is 8.05. The lowest BCUT2D eigenvalue weighted by Gasteiger charge is -2.43. The number of hydrogen-bond donors (Lipinski definition) is 1. The van der Waals surface area contributed by atoms with Gasteiger partial charge in [0.25, 0.3) is 0 Å². The molecule has 0 atom stereocenters. The lowest BCUT2D eigenvalue weighted by atomic mass is 10.0. The highest BCUT2D eigenvalue weighted by Crippen LogP contribution is 2.17. The summed E-state index contributed by atoms with van der Waals surface area (Å²) in [6.07, 6.45) is 3.46. The standard InChI is InChI=1S/C12H25N3S2/c1-12(2,11(13)16)15-8-6-14(7-9-15)5-4-10-17-3/h4-10H2,1-3H3,(H2,13,16). The van der Waals surface area contributed by atoms with Crippen molar-refractivity contribution < 1.29 is 0 Å². The van der Waals surface area contributed by atoms with Gasteiger partial charge in [-0.1, -0.05) is 12.2 Å². The summed E-state index contributed by atoms with van der Waals surface area (Å²) in [5.41, 5.74) is 5.67. The van der Waals surface area contributed by atoms with E-state index < -0.39 is 0 Å². The van der Waals surface area contributed by atoms with Crippen LogP contribution >= 0.6 is 24.0 Å². The zero-order valence-electron chi connectivity index (χ0n) is 11.2. The van der Waals surface area contributed by atoms with Gasteiger partial charge >= 0.3 is 0 Å². The van der Waals surface area contributed by atoms with Gasteiger partial charge in [-0.3, -0.25) is 4.90 Å². The van der Waals surface area contributed by atoms with Crippen LogP contribution in [0.1, 0.15) is 20.3 Å². The van der Waals surface area contributed by atoms with Gasteiger partial charge in [-0.15, -0.1) is 0 Å². The number of piperazine rings is 1. The van der Waals surface area contributed by atoms with Crippen molar-refractivity contribution in [3.05, 3.63) is 0 Å². The molecule has 0 radical (unpaired) electrons. The molecule has 5 heteroatoms. The zero-order valence-corrected chi connectivity index (χ0v) is 12.9. The van der Waals surface area contributed by atoms with E-state index in [4.69, 9.17) is 18.0 Å². The molecule has 100 valence electrons. The number of thiocarbonyl (C=S) groups is 1. The topological polar surface area (TPSA) is 32.5 Å². The third-order valence-corrected chi connectivity index (χ3v) is 4.79. The Morgan fingerprint density at radius 2 is 1.88 bits per heavy atom. The fourth-order valence-corrected chi connectivity index (χ4v) is 2.67. The van der Waals surface area contributed by atoms with E-state index in [-0.39, 0.29) is 5.54 Å². The summed E-state index contributed by atoms with van der Waals surface area (Å²) >= 11 is 7.08. The van der Waals surface area contributed by atoms with Crippen LogP contribution < -0.4 is 5.73 Å². The van der Waals surface area contributed by atoms with Crippen molar-refractivity contribution in [3.8, 4) is 0 Å². The largest absolute Gasteiger partial charge is 0.392 e. The molecule has 1 saturated heterocycles. The van der Waals surface area contributed by atoms with Crippen molar-refractivity contribution in [1.82, 2.24) is 9.80 Å². The molecule has 0 aromatic heterocycles. The van der Waals surface area contributed by atoms with Gasteiger partial charge in [0.15, 0.2) is 0 Å². The van der Waals surface area contributed by atoms with Gasteiger partial charge in [0, 0.05) is 26.2 Å². The molecule has 0 aromatic rings. The SMILES string of the molecule is CSCCCN1CCN(C(C)(C)C(N)=S)CC1. The molecule has 1 aliphatic rings. The van der Waals surface area contributed by atoms with E-state index in [1.807, 2.05) is 11.8 Å². The van der Waals surface area contributed by atoms with E-state index in [1.54, 1.807) is 0 Å². The Bertz CT molecular complexity index is 248. The van der Waals surface area contributed by atoms with E-state index in [0.717, 1.165) is 26.2 Å². The van der Waals surface area contributed by atoms with Crippen LogP contribution in [0.3, 0.4) is 0 Å². The van der Waals surface area contributed by atoms with E-state index in [1.165, 1.54) is 18.7 Å². The number of thioether (sulfide) groups is 1. The molecule has 0 aromatic carbocycles. The molecule has 1 aliphatic heterocycles. The second-order valence-corrected chi connectivity index (χ2v) is 6.52. The first-order chi connectivity index (χ1) is 7.98. The summed E-state index contributed by atoms with van der Waals surface area (Å²) in [6.45, 7) is 9.90. The quantitative estimate of drug-likeness (QED) is 0.585. The monoisotopic (exact) mass is 275 g/mol. The highest BCUT2D eigenvalue weighted by Gasteiger charge is 2.31. The molecule has 0 aliphatic carbocycles. The molecule has 17 heavy (non-hydrogen) atoms. The molecule has 0 amide bonds. The Morgan fingerprint density at radius 1 is 1.29 bits per heavy atom. The van der Waals surface area contributed by atoms with Gasteiger partial charge < -0.3 is 10.6 Å². The molecule has 1 rings (SSSR count). The van der Waals surface area contributed by atoms with E-state index in [9.17, 15) is 0 Å². The van der Waals surface area contributed by atoms with Crippen molar-refractivity contribution >= 4 is 29.0 Å². The minimum Gasteiger partial charge on any atom is -0.392 e. The maximum atomic E-state index is 5.81. The summed E-state index contributed by atoms with van der Waals surface area (Å²) in [7, 11) is 0. The Labute approximate surface area is 115 Å². The van der Waals surface area contributed by atoms with Gasteiger partial charge in [0.2, 0.25) is 0 Å². The number of hydrogen-bond acceptors (Lipinski definition) is 4. The lowest BCUT2D eigenvalue weighted by molar-refractivity contribution is 0.0863. The Balaban J connectivity index is 2.33. The number of nitrogens with zero attached hydrogens (tertiary/aromatic N) is 2. The van der Waals surface area contributed by atoms with E-state index in [0.29, 0.717) is 4.99 Å². The Hall–Kier alpha value is 0.160. The first-order valence-electron chi connectivity index (χ1n) is 6.24. The molecule has 2 N–H and O–H groups in total. The minimum absolute atomic E-state index is 0.138. The average molecular weight is 275 g/mol. The third-order valence-electron chi connectivity index (χ3n) is 3.59. The third kappa shape index (κ3) is 4.39. The van der Waals surface area contributed by atoms with Crippen molar-refractivity contribution in [2.75, 3.05) is 44.7 Å². The smallest absolute Gasteiger partial charge is 0.0928 e. The lowest BCUT2D eigenvalue weighted by Crippen LogP contribution is -2.59. The van der Waals surface area contributed by atoms with Crippen LogP contribution in [0.15, 0.2) is 0 Å². The number of rotatable bonds is 6. The van der Waals surface area contributed by atoms with Crippen LogP contribution in [-0.2, 0) is 0 Å². The van der Waals surface area contributed by atoms with Crippen LogP contribution in [0.5, 0.6) is 0 Å². The molecule has 0 bridgehead atoms. The second-order valence-electron chi connectivity index (χ2n) is 5.10. The summed E-state index contributed by atoms with van der Waals surface area (Å²) in [6, 6.07) is 0. The second kappa shape index (κ2) is 6.92. The molecule has 1 fully saturated rings. The highest BCUT2D eigenvalue weighted by atomic mass is 32.2. The zero-order chi connectivity index (χ0) is 12.9. The predicted molar refractivity (Wildman–Crippen MR) is 81.9 cm³/mol. The summed E-state index contributed by atoms with van der Waals surface area (Å²) < 4.78 is 0. The Kier molecular flexibility index (Phi) is 6.20. The molecule has 0 spiro atoms. The fourth-order valence-electron chi connectivity index (χ4n) is 2.12. The average Bonchev–Trinajstić information content (AvgIpc) is 2.30. The van der Waals surface area contributed by atoms with Gasteiger partial charge in [-0.2, -0.15) is 11.8 Å². The molecular weight excluding hydrogens is 250 g/mol. The Morgan fingerprint density at radius 3 is 2.35 bits per heavy atom. The van der Waals surface area contributed by atoms with Gasteiger partial charge in [-0.05, 0) is 38.8 Å². The van der Waals surface area contributed by atoms with Crippen molar-refractivity contribution in [2.24, 2.45) is 5.73 Å². The van der Waals surface area contributed by atoms with Crippen LogP contribution in [0.4, 0.5) is 0 Å². The number of nitrogens with two attached hydrogens (primary N) is 1. The summed E-state index contributed by atoms with van der Waals surface area (Å²) in [5.74, 6) is 1.26. The molecule has 3 nitrogen and oxygen atoms in total. The minimum atomic E-state index is -0.138. The maximum absolute atomic E-state index is 5.81. The highest BCUT2D eigenvalue weighted by molar-refractivity contribution is 7.98. The summed E-state index contributed by atoms with van der Waals surface area (Å²) in [4.78, 5) is 5.55. The van der Waals surface area contributed by atoms with E-state index >= 15 is 0 Å². The van der Waals surface area contributed by atoms with Crippen molar-refractivity contribution in [2.45, 2.75) is 25.8 Å². The predicted octanol–water partition coefficient (Wildman–Crippen LogP) is 1.42. The van der Waals surface area contributed by atoms with Gasteiger partial charge in [-0.25, -0.2) is 0 Å². The summed E-state index contributed by atoms with van der Waals surface area (Å²) in [5, 5.41) is 0. The van der Waals surface area contributed by atoms with Crippen LogP contribution in [-0.4, -0.2) is 65.1 Å². The first kappa shape index (κ1) is 15.2. The van der Waals surface area contributed by atoms with Gasteiger partial charge in [0.05, 0.1) is 10.5 Å². The van der Waals surface area contributed by atoms with Crippen molar-refractivity contribution in [3.63, 3.8) is 0 Å². The molecular formula is C12H25N3S2. The molecule has 0 unspecified atom stereocenters. The normalized spacial score (nSPS) is 19.5. The maximum Gasteiger partial charge on any atom is 0.0928 e. The van der Waals surface area contributed by atoms with Crippen LogP contribution in [0.2, 0.25) is 0 Å². The van der Waals surface area contributed by atoms with E-state index in [2.05, 4.69) is 29.9 Å². The molecule has 1 heterocycles. The van der Waals surface area contributed by atoms with Crippen LogP contribution in [0, 0.1) is 0 Å². The van der Waals surface area contributed by atoms with Crippen molar-refractivity contribution in [1.29, 1.82) is 0 Å². The molecule has 0 saturated carbocycles.